The van der Waals surface area contributed by atoms with Crippen LogP contribution in [0, 0.1) is 0 Å². The molecule has 19 heavy (non-hydrogen) atoms. The van der Waals surface area contributed by atoms with Gasteiger partial charge in [-0.05, 0) is 38.8 Å². The van der Waals surface area contributed by atoms with Crippen LogP contribution < -0.4 is 5.32 Å². The zero-order chi connectivity index (χ0) is 13.9. The van der Waals surface area contributed by atoms with E-state index in [1.165, 1.54) is 19.4 Å². The molecule has 1 fully saturated rings. The Kier molecular flexibility index (Phi) is 9.43. The smallest absolute Gasteiger partial charge is 0.0855 e. The lowest BCUT2D eigenvalue weighted by Crippen LogP contribution is -2.52. The minimum atomic E-state index is 0.337. The fourth-order valence-electron chi connectivity index (χ4n) is 2.69. The summed E-state index contributed by atoms with van der Waals surface area (Å²) in [5, 5.41) is 3.65. The predicted molar refractivity (Wildman–Crippen MR) is 79.7 cm³/mol. The van der Waals surface area contributed by atoms with E-state index in [1.54, 1.807) is 7.11 Å². The van der Waals surface area contributed by atoms with E-state index < -0.39 is 0 Å². The molecule has 0 saturated carbocycles. The Balaban J connectivity index is 2.41. The minimum Gasteiger partial charge on any atom is -0.385 e. The maximum atomic E-state index is 6.00. The first-order chi connectivity index (χ1) is 9.31. The van der Waals surface area contributed by atoms with E-state index in [1.807, 2.05) is 0 Å². The van der Waals surface area contributed by atoms with Gasteiger partial charge in [0.05, 0.1) is 12.7 Å². The molecule has 4 heteroatoms. The van der Waals surface area contributed by atoms with Gasteiger partial charge in [0.2, 0.25) is 0 Å². The summed E-state index contributed by atoms with van der Waals surface area (Å²) < 4.78 is 11.2. The van der Waals surface area contributed by atoms with Crippen molar-refractivity contribution in [2.75, 3.05) is 46.5 Å². The van der Waals surface area contributed by atoms with Crippen molar-refractivity contribution in [2.24, 2.45) is 0 Å². The van der Waals surface area contributed by atoms with Gasteiger partial charge in [-0.3, -0.25) is 4.90 Å². The molecule has 1 aliphatic rings. The summed E-state index contributed by atoms with van der Waals surface area (Å²) in [4.78, 5) is 2.53. The fourth-order valence-corrected chi connectivity index (χ4v) is 2.69. The second kappa shape index (κ2) is 10.6. The van der Waals surface area contributed by atoms with E-state index in [-0.39, 0.29) is 0 Å². The van der Waals surface area contributed by atoms with Crippen molar-refractivity contribution >= 4 is 0 Å². The highest BCUT2D eigenvalue weighted by Crippen LogP contribution is 2.13. The molecule has 0 radical (unpaired) electrons. The van der Waals surface area contributed by atoms with Crippen LogP contribution in [0.1, 0.15) is 39.5 Å². The summed E-state index contributed by atoms with van der Waals surface area (Å²) in [5.74, 6) is 0. The molecule has 0 aliphatic carbocycles. The largest absolute Gasteiger partial charge is 0.385 e. The van der Waals surface area contributed by atoms with Gasteiger partial charge in [0.15, 0.2) is 0 Å². The van der Waals surface area contributed by atoms with Gasteiger partial charge in [-0.1, -0.05) is 13.8 Å². The molecule has 2 atom stereocenters. The number of methoxy groups -OCH3 is 1. The first-order valence-electron chi connectivity index (χ1n) is 7.88. The molecule has 2 unspecified atom stereocenters. The molecule has 4 nitrogen and oxygen atoms in total. The summed E-state index contributed by atoms with van der Waals surface area (Å²) in [6.07, 6.45) is 4.98. The molecule has 0 aromatic heterocycles. The van der Waals surface area contributed by atoms with Gasteiger partial charge < -0.3 is 14.8 Å². The number of nitrogens with zero attached hydrogens (tertiary/aromatic N) is 1. The number of rotatable bonds is 10. The maximum absolute atomic E-state index is 6.00. The predicted octanol–water partition coefficient (Wildman–Crippen LogP) is 1.89. The molecule has 0 bridgehead atoms. The second-order valence-electron chi connectivity index (χ2n) is 5.41. The number of ether oxygens (including phenoxy) is 2. The van der Waals surface area contributed by atoms with Crippen LogP contribution in [0.2, 0.25) is 0 Å². The van der Waals surface area contributed by atoms with Crippen molar-refractivity contribution in [1.29, 1.82) is 0 Å². The Morgan fingerprint density at radius 2 is 2.21 bits per heavy atom. The number of nitrogens with one attached hydrogen (secondary N) is 1. The zero-order valence-corrected chi connectivity index (χ0v) is 13.0. The summed E-state index contributed by atoms with van der Waals surface area (Å²) in [7, 11) is 1.77. The molecular weight excluding hydrogens is 240 g/mol. The Hall–Kier alpha value is -0.160. The molecule has 1 N–H and O–H groups in total. The summed E-state index contributed by atoms with van der Waals surface area (Å²) in [5.41, 5.74) is 0. The van der Waals surface area contributed by atoms with E-state index in [0.29, 0.717) is 12.1 Å². The SMILES string of the molecule is CCCNC(CCCOC)C1CN(CCC)CCO1. The number of hydrogen-bond acceptors (Lipinski definition) is 4. The quantitative estimate of drug-likeness (QED) is 0.616. The molecule has 114 valence electrons. The second-order valence-corrected chi connectivity index (χ2v) is 5.41. The van der Waals surface area contributed by atoms with Crippen molar-refractivity contribution in [3.8, 4) is 0 Å². The van der Waals surface area contributed by atoms with Crippen LogP contribution in [0.5, 0.6) is 0 Å². The van der Waals surface area contributed by atoms with Crippen molar-refractivity contribution in [2.45, 2.75) is 51.7 Å². The molecule has 1 aliphatic heterocycles. The first kappa shape index (κ1) is 16.9. The molecule has 0 aromatic rings. The van der Waals surface area contributed by atoms with Crippen LogP contribution in [-0.4, -0.2) is 63.5 Å². The highest BCUT2D eigenvalue weighted by Gasteiger charge is 2.27. The van der Waals surface area contributed by atoms with Crippen LogP contribution in [0.25, 0.3) is 0 Å². The Bertz CT molecular complexity index is 212. The third-order valence-corrected chi connectivity index (χ3v) is 3.69. The van der Waals surface area contributed by atoms with Gasteiger partial charge >= 0.3 is 0 Å². The van der Waals surface area contributed by atoms with E-state index in [9.17, 15) is 0 Å². The summed E-state index contributed by atoms with van der Waals surface area (Å²) >= 11 is 0. The normalized spacial score (nSPS) is 22.6. The van der Waals surface area contributed by atoms with Crippen molar-refractivity contribution in [3.63, 3.8) is 0 Å². The third kappa shape index (κ3) is 6.70. The Morgan fingerprint density at radius 3 is 2.89 bits per heavy atom. The van der Waals surface area contributed by atoms with Crippen LogP contribution in [0.3, 0.4) is 0 Å². The van der Waals surface area contributed by atoms with Gasteiger partial charge in [-0.2, -0.15) is 0 Å². The molecular formula is C15H32N2O2. The van der Waals surface area contributed by atoms with Crippen LogP contribution in [0.4, 0.5) is 0 Å². The molecule has 1 saturated heterocycles. The van der Waals surface area contributed by atoms with E-state index >= 15 is 0 Å². The molecule has 0 amide bonds. The van der Waals surface area contributed by atoms with Crippen molar-refractivity contribution < 1.29 is 9.47 Å². The Labute approximate surface area is 118 Å². The summed E-state index contributed by atoms with van der Waals surface area (Å²) in [6.45, 7) is 10.6. The van der Waals surface area contributed by atoms with Crippen molar-refractivity contribution in [1.82, 2.24) is 10.2 Å². The lowest BCUT2D eigenvalue weighted by molar-refractivity contribution is -0.0484. The van der Waals surface area contributed by atoms with Crippen LogP contribution in [-0.2, 0) is 9.47 Å². The van der Waals surface area contributed by atoms with Crippen molar-refractivity contribution in [3.05, 3.63) is 0 Å². The monoisotopic (exact) mass is 272 g/mol. The standard InChI is InChI=1S/C15H32N2O2/c1-4-8-16-14(7-6-11-18-3)15-13-17(9-5-2)10-12-19-15/h14-16H,4-13H2,1-3H3. The van der Waals surface area contributed by atoms with E-state index in [2.05, 4.69) is 24.1 Å². The third-order valence-electron chi connectivity index (χ3n) is 3.69. The van der Waals surface area contributed by atoms with Crippen LogP contribution in [0.15, 0.2) is 0 Å². The minimum absolute atomic E-state index is 0.337. The first-order valence-corrected chi connectivity index (χ1v) is 7.88. The zero-order valence-electron chi connectivity index (χ0n) is 13.0. The number of hydrogen-bond donors (Lipinski definition) is 1. The topological polar surface area (TPSA) is 33.7 Å². The Morgan fingerprint density at radius 1 is 1.37 bits per heavy atom. The van der Waals surface area contributed by atoms with Gasteiger partial charge in [-0.25, -0.2) is 0 Å². The van der Waals surface area contributed by atoms with Gasteiger partial charge in [0, 0.05) is 32.8 Å². The summed E-state index contributed by atoms with van der Waals surface area (Å²) in [6, 6.07) is 0.467. The van der Waals surface area contributed by atoms with Gasteiger partial charge in [0.25, 0.3) is 0 Å². The highest BCUT2D eigenvalue weighted by molar-refractivity contribution is 4.83. The average Bonchev–Trinajstić information content (AvgIpc) is 2.43. The fraction of sp³-hybridized carbons (Fsp3) is 1.00. The van der Waals surface area contributed by atoms with Gasteiger partial charge in [0.1, 0.15) is 0 Å². The number of morpholine rings is 1. The van der Waals surface area contributed by atoms with E-state index in [4.69, 9.17) is 9.47 Å². The molecule has 1 rings (SSSR count). The molecule has 1 heterocycles. The average molecular weight is 272 g/mol. The van der Waals surface area contributed by atoms with E-state index in [0.717, 1.165) is 45.7 Å². The van der Waals surface area contributed by atoms with Crippen LogP contribution >= 0.6 is 0 Å². The molecule has 0 aromatic carbocycles. The van der Waals surface area contributed by atoms with Gasteiger partial charge in [-0.15, -0.1) is 0 Å². The lowest BCUT2D eigenvalue weighted by atomic mass is 10.0. The molecule has 0 spiro atoms. The maximum Gasteiger partial charge on any atom is 0.0855 e. The highest BCUT2D eigenvalue weighted by atomic mass is 16.5. The lowest BCUT2D eigenvalue weighted by Gasteiger charge is -2.37.